The van der Waals surface area contributed by atoms with Crippen LogP contribution >= 0.6 is 11.6 Å². The molecular formula is C15H20ClFN2O. The van der Waals surface area contributed by atoms with Crippen LogP contribution in [-0.4, -0.2) is 47.9 Å². The molecule has 1 atom stereocenters. The van der Waals surface area contributed by atoms with Gasteiger partial charge in [-0.2, -0.15) is 0 Å². The number of nitrogens with zero attached hydrogens (tertiary/aromatic N) is 2. The van der Waals surface area contributed by atoms with Crippen LogP contribution in [0.15, 0.2) is 18.2 Å². The normalized spacial score (nSPS) is 18.1. The number of amides is 1. The lowest BCUT2D eigenvalue weighted by Crippen LogP contribution is -2.51. The van der Waals surface area contributed by atoms with E-state index in [4.69, 9.17) is 11.6 Å². The van der Waals surface area contributed by atoms with Gasteiger partial charge in [-0.05, 0) is 25.5 Å². The highest BCUT2D eigenvalue weighted by Crippen LogP contribution is 2.21. The Balaban J connectivity index is 2.05. The Morgan fingerprint density at radius 1 is 1.35 bits per heavy atom. The lowest BCUT2D eigenvalue weighted by atomic mass is 10.1. The van der Waals surface area contributed by atoms with E-state index in [2.05, 4.69) is 18.7 Å². The first-order valence-electron chi connectivity index (χ1n) is 7.02. The Morgan fingerprint density at radius 2 is 2.00 bits per heavy atom. The minimum absolute atomic E-state index is 0.00819. The zero-order valence-corrected chi connectivity index (χ0v) is 12.7. The predicted molar refractivity (Wildman–Crippen MR) is 78.6 cm³/mol. The number of benzene rings is 1. The standard InChI is InChI=1S/C15H20ClFN2O/c1-3-11(2)18-7-9-19(10-8-18)15(20)14-12(16)5-4-6-13(14)17/h4-6,11H,3,7-10H2,1-2H3. The molecule has 1 fully saturated rings. The van der Waals surface area contributed by atoms with E-state index in [0.29, 0.717) is 19.1 Å². The number of piperazine rings is 1. The average Bonchev–Trinajstić information content (AvgIpc) is 2.46. The Hall–Kier alpha value is -1.13. The van der Waals surface area contributed by atoms with Crippen molar-refractivity contribution in [2.75, 3.05) is 26.2 Å². The monoisotopic (exact) mass is 298 g/mol. The molecule has 110 valence electrons. The molecule has 0 radical (unpaired) electrons. The van der Waals surface area contributed by atoms with Crippen LogP contribution in [0.3, 0.4) is 0 Å². The van der Waals surface area contributed by atoms with Crippen molar-refractivity contribution < 1.29 is 9.18 Å². The van der Waals surface area contributed by atoms with Gasteiger partial charge in [-0.3, -0.25) is 9.69 Å². The Morgan fingerprint density at radius 3 is 2.55 bits per heavy atom. The van der Waals surface area contributed by atoms with Gasteiger partial charge in [0.1, 0.15) is 5.82 Å². The molecule has 1 aromatic carbocycles. The van der Waals surface area contributed by atoms with Gasteiger partial charge in [0.05, 0.1) is 10.6 Å². The highest BCUT2D eigenvalue weighted by atomic mass is 35.5. The molecule has 0 aromatic heterocycles. The first-order valence-corrected chi connectivity index (χ1v) is 7.39. The second-order valence-corrected chi connectivity index (χ2v) is 5.59. The summed E-state index contributed by atoms with van der Waals surface area (Å²) >= 11 is 5.95. The molecule has 1 heterocycles. The summed E-state index contributed by atoms with van der Waals surface area (Å²) in [6, 6.07) is 4.85. The summed E-state index contributed by atoms with van der Waals surface area (Å²) in [6.07, 6.45) is 1.09. The lowest BCUT2D eigenvalue weighted by molar-refractivity contribution is 0.0575. The fraction of sp³-hybridized carbons (Fsp3) is 0.533. The summed E-state index contributed by atoms with van der Waals surface area (Å²) < 4.78 is 13.8. The summed E-state index contributed by atoms with van der Waals surface area (Å²) in [5.74, 6) is -0.858. The van der Waals surface area contributed by atoms with Crippen molar-refractivity contribution in [1.82, 2.24) is 9.80 Å². The molecule has 20 heavy (non-hydrogen) atoms. The van der Waals surface area contributed by atoms with Crippen molar-refractivity contribution in [3.63, 3.8) is 0 Å². The molecule has 0 N–H and O–H groups in total. The van der Waals surface area contributed by atoms with Crippen molar-refractivity contribution in [2.24, 2.45) is 0 Å². The van der Waals surface area contributed by atoms with Crippen LogP contribution in [0.2, 0.25) is 5.02 Å². The van der Waals surface area contributed by atoms with E-state index in [-0.39, 0.29) is 16.5 Å². The van der Waals surface area contributed by atoms with E-state index in [0.717, 1.165) is 19.5 Å². The van der Waals surface area contributed by atoms with E-state index in [1.807, 2.05) is 0 Å². The van der Waals surface area contributed by atoms with Gasteiger partial charge in [-0.25, -0.2) is 4.39 Å². The molecular weight excluding hydrogens is 279 g/mol. The van der Waals surface area contributed by atoms with Crippen LogP contribution < -0.4 is 0 Å². The molecule has 0 saturated carbocycles. The largest absolute Gasteiger partial charge is 0.336 e. The molecule has 1 amide bonds. The van der Waals surface area contributed by atoms with Gasteiger partial charge in [0.15, 0.2) is 0 Å². The van der Waals surface area contributed by atoms with Crippen LogP contribution in [-0.2, 0) is 0 Å². The van der Waals surface area contributed by atoms with Crippen molar-refractivity contribution in [1.29, 1.82) is 0 Å². The van der Waals surface area contributed by atoms with Gasteiger partial charge < -0.3 is 4.90 Å². The number of rotatable bonds is 3. The number of carbonyl (C=O) groups is 1. The third-order valence-electron chi connectivity index (χ3n) is 3.99. The minimum atomic E-state index is -0.549. The van der Waals surface area contributed by atoms with E-state index < -0.39 is 5.82 Å². The van der Waals surface area contributed by atoms with Gasteiger partial charge in [0, 0.05) is 32.2 Å². The van der Waals surface area contributed by atoms with Gasteiger partial charge in [-0.1, -0.05) is 24.6 Å². The van der Waals surface area contributed by atoms with E-state index in [1.165, 1.54) is 12.1 Å². The Bertz CT molecular complexity index is 467. The van der Waals surface area contributed by atoms with Crippen LogP contribution in [0.1, 0.15) is 30.6 Å². The molecule has 5 heteroatoms. The van der Waals surface area contributed by atoms with E-state index in [9.17, 15) is 9.18 Å². The molecule has 3 nitrogen and oxygen atoms in total. The zero-order valence-electron chi connectivity index (χ0n) is 11.9. The fourth-order valence-electron chi connectivity index (χ4n) is 2.48. The summed E-state index contributed by atoms with van der Waals surface area (Å²) in [5, 5.41) is 0.180. The molecule has 1 aliphatic heterocycles. The zero-order chi connectivity index (χ0) is 14.7. The molecule has 1 unspecified atom stereocenters. The molecule has 2 rings (SSSR count). The van der Waals surface area contributed by atoms with Crippen molar-refractivity contribution in [2.45, 2.75) is 26.3 Å². The average molecular weight is 299 g/mol. The van der Waals surface area contributed by atoms with E-state index in [1.54, 1.807) is 11.0 Å². The third-order valence-corrected chi connectivity index (χ3v) is 4.31. The van der Waals surface area contributed by atoms with Gasteiger partial charge in [0.2, 0.25) is 0 Å². The molecule has 1 aromatic rings. The first kappa shape index (κ1) is 15.3. The molecule has 1 aliphatic rings. The predicted octanol–water partition coefficient (Wildman–Crippen LogP) is 3.04. The van der Waals surface area contributed by atoms with Crippen molar-refractivity contribution in [3.05, 3.63) is 34.6 Å². The lowest BCUT2D eigenvalue weighted by Gasteiger charge is -2.38. The first-order chi connectivity index (χ1) is 9.54. The summed E-state index contributed by atoms with van der Waals surface area (Å²) in [7, 11) is 0. The van der Waals surface area contributed by atoms with Gasteiger partial charge in [0.25, 0.3) is 5.91 Å². The van der Waals surface area contributed by atoms with Crippen molar-refractivity contribution >= 4 is 17.5 Å². The maximum atomic E-state index is 13.8. The van der Waals surface area contributed by atoms with E-state index >= 15 is 0 Å². The quantitative estimate of drug-likeness (QED) is 0.856. The summed E-state index contributed by atoms with van der Waals surface area (Å²) in [5.41, 5.74) is -0.00819. The number of hydrogen-bond donors (Lipinski definition) is 0. The molecule has 0 bridgehead atoms. The second kappa shape index (κ2) is 6.55. The SMILES string of the molecule is CCC(C)N1CCN(C(=O)c2c(F)cccc2Cl)CC1. The number of halogens is 2. The Kier molecular flexibility index (Phi) is 5.00. The van der Waals surface area contributed by atoms with Crippen LogP contribution in [0, 0.1) is 5.82 Å². The molecule has 1 saturated heterocycles. The maximum Gasteiger partial charge on any atom is 0.258 e. The van der Waals surface area contributed by atoms with Gasteiger partial charge in [-0.15, -0.1) is 0 Å². The van der Waals surface area contributed by atoms with Crippen molar-refractivity contribution in [3.8, 4) is 0 Å². The topological polar surface area (TPSA) is 23.6 Å². The summed E-state index contributed by atoms with van der Waals surface area (Å²) in [6.45, 7) is 7.23. The molecule has 0 aliphatic carbocycles. The second-order valence-electron chi connectivity index (χ2n) is 5.18. The van der Waals surface area contributed by atoms with Crippen LogP contribution in [0.25, 0.3) is 0 Å². The minimum Gasteiger partial charge on any atom is -0.336 e. The highest BCUT2D eigenvalue weighted by molar-refractivity contribution is 6.33. The van der Waals surface area contributed by atoms with Crippen LogP contribution in [0.5, 0.6) is 0 Å². The number of carbonyl (C=O) groups excluding carboxylic acids is 1. The molecule has 0 spiro atoms. The maximum absolute atomic E-state index is 13.8. The number of hydrogen-bond acceptors (Lipinski definition) is 2. The van der Waals surface area contributed by atoms with Gasteiger partial charge >= 0.3 is 0 Å². The Labute approximate surface area is 124 Å². The summed E-state index contributed by atoms with van der Waals surface area (Å²) in [4.78, 5) is 16.4. The smallest absolute Gasteiger partial charge is 0.258 e. The highest BCUT2D eigenvalue weighted by Gasteiger charge is 2.26. The fourth-order valence-corrected chi connectivity index (χ4v) is 2.73. The third kappa shape index (κ3) is 3.13. The van der Waals surface area contributed by atoms with Crippen LogP contribution in [0.4, 0.5) is 4.39 Å².